The lowest BCUT2D eigenvalue weighted by molar-refractivity contribution is -0.122. The van der Waals surface area contributed by atoms with Crippen molar-refractivity contribution in [3.63, 3.8) is 0 Å². The van der Waals surface area contributed by atoms with Crippen LogP contribution in [0.4, 0.5) is 0 Å². The van der Waals surface area contributed by atoms with Crippen molar-refractivity contribution >= 4 is 5.91 Å². The van der Waals surface area contributed by atoms with Crippen LogP contribution < -0.4 is 10.1 Å². The summed E-state index contributed by atoms with van der Waals surface area (Å²) in [6.45, 7) is 0. The Morgan fingerprint density at radius 1 is 1.55 bits per heavy atom. The number of aryl methyl sites for hydroxylation is 1. The van der Waals surface area contributed by atoms with Crippen molar-refractivity contribution in [2.45, 2.75) is 43.9 Å². The zero-order valence-electron chi connectivity index (χ0n) is 11.7. The summed E-state index contributed by atoms with van der Waals surface area (Å²) in [6.07, 6.45) is 1.36. The molecular formula is C13H20N2O5. The lowest BCUT2D eigenvalue weighted by atomic mass is 10.2. The molecular weight excluding hydrogens is 264 g/mol. The molecule has 1 aromatic rings. The molecule has 1 aliphatic carbocycles. The van der Waals surface area contributed by atoms with E-state index >= 15 is 0 Å². The SMILES string of the molecule is COc1cc(CCC(=O)N[C@@H]2CC[C@@H](OC)[C@@H]2O)on1. The van der Waals surface area contributed by atoms with Crippen molar-refractivity contribution in [2.24, 2.45) is 0 Å². The van der Waals surface area contributed by atoms with Crippen LogP contribution in [0.25, 0.3) is 0 Å². The van der Waals surface area contributed by atoms with Crippen LogP contribution in [-0.2, 0) is 16.0 Å². The molecule has 20 heavy (non-hydrogen) atoms. The molecule has 1 aliphatic rings. The molecule has 2 N–H and O–H groups in total. The van der Waals surface area contributed by atoms with Crippen molar-refractivity contribution < 1.29 is 23.9 Å². The van der Waals surface area contributed by atoms with Crippen molar-refractivity contribution in [3.05, 3.63) is 11.8 Å². The van der Waals surface area contributed by atoms with Gasteiger partial charge in [0.15, 0.2) is 0 Å². The van der Waals surface area contributed by atoms with Gasteiger partial charge in [-0.15, -0.1) is 0 Å². The minimum atomic E-state index is -0.644. The fraction of sp³-hybridized carbons (Fsp3) is 0.692. The Kier molecular flexibility index (Phi) is 4.97. The number of amides is 1. The number of hydrogen-bond acceptors (Lipinski definition) is 6. The number of nitrogens with zero attached hydrogens (tertiary/aromatic N) is 1. The van der Waals surface area contributed by atoms with Gasteiger partial charge in [-0.3, -0.25) is 4.79 Å². The normalized spacial score (nSPS) is 25.6. The first-order chi connectivity index (χ1) is 9.63. The van der Waals surface area contributed by atoms with Crippen molar-refractivity contribution in [3.8, 4) is 5.88 Å². The predicted octanol–water partition coefficient (Wildman–Crippen LogP) is 0.270. The standard InChI is InChI=1S/C13H20N2O5/c1-18-10-5-4-9(13(10)17)14-11(16)6-3-8-7-12(19-2)15-20-8/h7,9-10,13,17H,3-6H2,1-2H3,(H,14,16)/t9-,10-,13-/m1/s1. The molecule has 1 fully saturated rings. The molecule has 1 heterocycles. The number of hydrogen-bond donors (Lipinski definition) is 2. The highest BCUT2D eigenvalue weighted by Gasteiger charge is 2.35. The van der Waals surface area contributed by atoms with E-state index in [1.54, 1.807) is 13.2 Å². The maximum Gasteiger partial charge on any atom is 0.254 e. The van der Waals surface area contributed by atoms with E-state index in [2.05, 4.69) is 10.5 Å². The van der Waals surface area contributed by atoms with Crippen molar-refractivity contribution in [1.82, 2.24) is 10.5 Å². The second kappa shape index (κ2) is 6.71. The molecule has 1 saturated carbocycles. The summed E-state index contributed by atoms with van der Waals surface area (Å²) in [6, 6.07) is 1.41. The van der Waals surface area contributed by atoms with Crippen LogP contribution in [0.1, 0.15) is 25.0 Å². The number of aliphatic hydroxyl groups excluding tert-OH is 1. The number of ether oxygens (including phenoxy) is 2. The van der Waals surface area contributed by atoms with Crippen LogP contribution in [0.15, 0.2) is 10.6 Å². The van der Waals surface area contributed by atoms with E-state index in [-0.39, 0.29) is 24.5 Å². The first-order valence-corrected chi connectivity index (χ1v) is 6.64. The third kappa shape index (κ3) is 3.49. The van der Waals surface area contributed by atoms with E-state index in [0.717, 1.165) is 12.8 Å². The highest BCUT2D eigenvalue weighted by molar-refractivity contribution is 5.76. The van der Waals surface area contributed by atoms with E-state index in [1.165, 1.54) is 7.11 Å². The molecule has 112 valence electrons. The maximum atomic E-state index is 11.8. The van der Waals surface area contributed by atoms with Gasteiger partial charge in [-0.1, -0.05) is 0 Å². The number of aliphatic hydroxyl groups is 1. The Balaban J connectivity index is 1.75. The minimum absolute atomic E-state index is 0.124. The molecule has 0 unspecified atom stereocenters. The number of carbonyl (C=O) groups is 1. The van der Waals surface area contributed by atoms with Crippen LogP contribution in [0.2, 0.25) is 0 Å². The highest BCUT2D eigenvalue weighted by Crippen LogP contribution is 2.22. The number of nitrogens with one attached hydrogen (secondary N) is 1. The van der Waals surface area contributed by atoms with Gasteiger partial charge in [0.2, 0.25) is 5.91 Å². The molecule has 0 radical (unpaired) electrons. The van der Waals surface area contributed by atoms with Gasteiger partial charge in [-0.2, -0.15) is 0 Å². The smallest absolute Gasteiger partial charge is 0.254 e. The summed E-state index contributed by atoms with van der Waals surface area (Å²) in [5.41, 5.74) is 0. The Morgan fingerprint density at radius 3 is 2.95 bits per heavy atom. The summed E-state index contributed by atoms with van der Waals surface area (Å²) in [5, 5.41) is 16.4. The van der Waals surface area contributed by atoms with Gasteiger partial charge in [0, 0.05) is 26.0 Å². The van der Waals surface area contributed by atoms with Gasteiger partial charge in [0.1, 0.15) is 11.9 Å². The number of aromatic nitrogens is 1. The maximum absolute atomic E-state index is 11.8. The van der Waals surface area contributed by atoms with Crippen LogP contribution in [0.5, 0.6) is 5.88 Å². The Morgan fingerprint density at radius 2 is 2.35 bits per heavy atom. The van der Waals surface area contributed by atoms with E-state index in [1.807, 2.05) is 0 Å². The first-order valence-electron chi connectivity index (χ1n) is 6.64. The molecule has 3 atom stereocenters. The van der Waals surface area contributed by atoms with Gasteiger partial charge in [-0.05, 0) is 18.0 Å². The molecule has 1 aromatic heterocycles. The first kappa shape index (κ1) is 14.8. The largest absolute Gasteiger partial charge is 0.479 e. The zero-order chi connectivity index (χ0) is 14.5. The number of methoxy groups -OCH3 is 2. The molecule has 0 aromatic carbocycles. The molecule has 0 saturated heterocycles. The summed E-state index contributed by atoms with van der Waals surface area (Å²) < 4.78 is 15.0. The predicted molar refractivity (Wildman–Crippen MR) is 69.3 cm³/mol. The zero-order valence-corrected chi connectivity index (χ0v) is 11.7. The van der Waals surface area contributed by atoms with E-state index in [9.17, 15) is 9.90 Å². The molecule has 0 spiro atoms. The number of carbonyl (C=O) groups excluding carboxylic acids is 1. The van der Waals surface area contributed by atoms with Crippen molar-refractivity contribution in [1.29, 1.82) is 0 Å². The monoisotopic (exact) mass is 284 g/mol. The van der Waals surface area contributed by atoms with E-state index in [4.69, 9.17) is 14.0 Å². The number of rotatable bonds is 6. The Bertz CT molecular complexity index is 448. The Labute approximate surface area is 117 Å². The fourth-order valence-electron chi connectivity index (χ4n) is 2.38. The van der Waals surface area contributed by atoms with Gasteiger partial charge in [-0.25, -0.2) is 0 Å². The molecule has 7 heteroatoms. The lowest BCUT2D eigenvalue weighted by Crippen LogP contribution is -2.43. The van der Waals surface area contributed by atoms with Gasteiger partial charge in [0.25, 0.3) is 5.88 Å². The van der Waals surface area contributed by atoms with Crippen LogP contribution in [-0.4, -0.2) is 48.6 Å². The van der Waals surface area contributed by atoms with Gasteiger partial charge < -0.3 is 24.4 Å². The Hall–Kier alpha value is -1.60. The molecule has 2 rings (SSSR count). The summed E-state index contributed by atoms with van der Waals surface area (Å²) in [5.74, 6) is 0.870. The van der Waals surface area contributed by atoms with Gasteiger partial charge in [0.05, 0.1) is 19.3 Å². The topological polar surface area (TPSA) is 93.8 Å². The van der Waals surface area contributed by atoms with Crippen molar-refractivity contribution in [2.75, 3.05) is 14.2 Å². The second-order valence-corrected chi connectivity index (χ2v) is 4.85. The van der Waals surface area contributed by atoms with Crippen LogP contribution in [0, 0.1) is 0 Å². The molecule has 1 amide bonds. The summed E-state index contributed by atoms with van der Waals surface area (Å²) in [7, 11) is 3.07. The third-order valence-electron chi connectivity index (χ3n) is 3.55. The molecule has 0 bridgehead atoms. The lowest BCUT2D eigenvalue weighted by Gasteiger charge is -2.19. The highest BCUT2D eigenvalue weighted by atomic mass is 16.5. The van der Waals surface area contributed by atoms with E-state index < -0.39 is 6.10 Å². The quantitative estimate of drug-likeness (QED) is 0.779. The molecule has 7 nitrogen and oxygen atoms in total. The van der Waals surface area contributed by atoms with E-state index in [0.29, 0.717) is 18.1 Å². The average molecular weight is 284 g/mol. The summed E-state index contributed by atoms with van der Waals surface area (Å²) >= 11 is 0. The van der Waals surface area contributed by atoms with Crippen LogP contribution in [0.3, 0.4) is 0 Å². The third-order valence-corrected chi connectivity index (χ3v) is 3.55. The molecule has 0 aliphatic heterocycles. The summed E-state index contributed by atoms with van der Waals surface area (Å²) in [4.78, 5) is 11.8. The fourth-order valence-corrected chi connectivity index (χ4v) is 2.38. The van der Waals surface area contributed by atoms with Gasteiger partial charge >= 0.3 is 0 Å². The second-order valence-electron chi connectivity index (χ2n) is 4.85. The average Bonchev–Trinajstić information content (AvgIpc) is 3.04. The minimum Gasteiger partial charge on any atom is -0.479 e. The van der Waals surface area contributed by atoms with Crippen LogP contribution >= 0.6 is 0 Å².